The second-order valence-corrected chi connectivity index (χ2v) is 10.6. The Bertz CT molecular complexity index is 1030. The third-order valence-electron chi connectivity index (χ3n) is 7.65. The summed E-state index contributed by atoms with van der Waals surface area (Å²) in [5.74, 6) is -1.63. The summed E-state index contributed by atoms with van der Waals surface area (Å²) in [4.78, 5) is 40.7. The number of benzene rings is 1. The number of hydrogen-bond donors (Lipinski definition) is 2. The largest absolute Gasteiger partial charge is 0.446 e. The van der Waals surface area contributed by atoms with Gasteiger partial charge in [0.05, 0.1) is 6.04 Å². The topological polar surface area (TPSA) is 94.2 Å². The smallest absolute Gasteiger partial charge is 0.407 e. The molecule has 38 heavy (non-hydrogen) atoms. The van der Waals surface area contributed by atoms with Crippen LogP contribution in [0.4, 0.5) is 24.1 Å². The molecular formula is C27H37F2N5O4. The number of allylic oxidation sites excluding steroid dienone is 1. The van der Waals surface area contributed by atoms with Crippen molar-refractivity contribution in [2.75, 3.05) is 38.1 Å². The number of halogens is 2. The van der Waals surface area contributed by atoms with E-state index in [0.29, 0.717) is 75.7 Å². The first-order valence-corrected chi connectivity index (χ1v) is 13.3. The Morgan fingerprint density at radius 1 is 1.18 bits per heavy atom. The summed E-state index contributed by atoms with van der Waals surface area (Å²) < 4.78 is 35.2. The maximum Gasteiger partial charge on any atom is 0.407 e. The van der Waals surface area contributed by atoms with E-state index in [4.69, 9.17) is 4.74 Å². The number of nitrogens with one attached hydrogen (secondary N) is 2. The molecule has 9 nitrogen and oxygen atoms in total. The SMILES string of the molecule is C=C(CCC(C)c1c(F)cc(N2CC(NC(=O)OC3CCN(C(=O)N(C)C4CC4)CC3)C2)cc1F)NC=O. The molecule has 11 heteroatoms. The van der Waals surface area contributed by atoms with Crippen LogP contribution in [0.5, 0.6) is 0 Å². The van der Waals surface area contributed by atoms with Gasteiger partial charge in [-0.25, -0.2) is 18.4 Å². The lowest BCUT2D eigenvalue weighted by Crippen LogP contribution is -2.60. The van der Waals surface area contributed by atoms with Crippen LogP contribution in [0, 0.1) is 11.6 Å². The number of nitrogens with zero attached hydrogens (tertiary/aromatic N) is 3. The van der Waals surface area contributed by atoms with Crippen LogP contribution in [0.25, 0.3) is 0 Å². The minimum atomic E-state index is -0.620. The van der Waals surface area contributed by atoms with E-state index >= 15 is 0 Å². The first-order chi connectivity index (χ1) is 18.2. The zero-order valence-electron chi connectivity index (χ0n) is 22.1. The predicted molar refractivity (Wildman–Crippen MR) is 139 cm³/mol. The number of hydrogen-bond acceptors (Lipinski definition) is 5. The Labute approximate surface area is 222 Å². The normalized spacial score (nSPS) is 18.8. The second-order valence-electron chi connectivity index (χ2n) is 10.6. The van der Waals surface area contributed by atoms with Crippen LogP contribution >= 0.6 is 0 Å². The molecule has 1 aromatic carbocycles. The molecule has 1 atom stereocenters. The van der Waals surface area contributed by atoms with Gasteiger partial charge in [0.2, 0.25) is 6.41 Å². The van der Waals surface area contributed by atoms with E-state index in [1.165, 1.54) is 12.1 Å². The summed E-state index contributed by atoms with van der Waals surface area (Å²) in [6, 6.07) is 2.85. The van der Waals surface area contributed by atoms with Crippen LogP contribution in [-0.2, 0) is 9.53 Å². The molecule has 3 fully saturated rings. The van der Waals surface area contributed by atoms with Gasteiger partial charge in [0.1, 0.15) is 17.7 Å². The summed E-state index contributed by atoms with van der Waals surface area (Å²) in [7, 11) is 1.84. The van der Waals surface area contributed by atoms with Crippen LogP contribution in [0.2, 0.25) is 0 Å². The number of amides is 4. The van der Waals surface area contributed by atoms with E-state index < -0.39 is 17.7 Å². The van der Waals surface area contributed by atoms with Gasteiger partial charge in [-0.15, -0.1) is 0 Å². The van der Waals surface area contributed by atoms with E-state index in [1.54, 1.807) is 16.7 Å². The molecule has 1 unspecified atom stereocenters. The van der Waals surface area contributed by atoms with Crippen molar-refractivity contribution in [3.8, 4) is 0 Å². The maximum atomic E-state index is 14.8. The lowest BCUT2D eigenvalue weighted by molar-refractivity contribution is -0.109. The second kappa shape index (κ2) is 12.0. The van der Waals surface area contributed by atoms with Crippen molar-refractivity contribution >= 4 is 24.2 Å². The Morgan fingerprint density at radius 2 is 1.82 bits per heavy atom. The van der Waals surface area contributed by atoms with Crippen molar-refractivity contribution in [3.63, 3.8) is 0 Å². The fourth-order valence-corrected chi connectivity index (χ4v) is 5.05. The number of anilines is 1. The molecule has 0 bridgehead atoms. The van der Waals surface area contributed by atoms with Gasteiger partial charge in [-0.3, -0.25) is 4.79 Å². The molecule has 0 spiro atoms. The highest BCUT2D eigenvalue weighted by Crippen LogP contribution is 2.32. The van der Waals surface area contributed by atoms with Gasteiger partial charge in [-0.1, -0.05) is 13.5 Å². The Hall–Kier alpha value is -3.37. The number of carbonyl (C=O) groups is 3. The molecule has 2 saturated heterocycles. The molecule has 0 aromatic heterocycles. The molecule has 1 aromatic rings. The van der Waals surface area contributed by atoms with E-state index in [0.717, 1.165) is 12.8 Å². The zero-order chi connectivity index (χ0) is 27.4. The zero-order valence-corrected chi connectivity index (χ0v) is 22.1. The van der Waals surface area contributed by atoms with Crippen molar-refractivity contribution < 1.29 is 27.9 Å². The number of rotatable bonds is 10. The van der Waals surface area contributed by atoms with Gasteiger partial charge in [0.25, 0.3) is 0 Å². The van der Waals surface area contributed by atoms with Gasteiger partial charge >= 0.3 is 12.1 Å². The van der Waals surface area contributed by atoms with E-state index in [9.17, 15) is 23.2 Å². The number of carbonyl (C=O) groups excluding carboxylic acids is 3. The van der Waals surface area contributed by atoms with Gasteiger partial charge < -0.3 is 30.1 Å². The summed E-state index contributed by atoms with van der Waals surface area (Å²) in [6.07, 6.45) is 3.95. The number of ether oxygens (including phenoxy) is 1. The summed E-state index contributed by atoms with van der Waals surface area (Å²) in [5.41, 5.74) is 0.931. The molecule has 0 radical (unpaired) electrons. The molecule has 2 N–H and O–H groups in total. The van der Waals surface area contributed by atoms with Crippen LogP contribution in [0.1, 0.15) is 56.9 Å². The number of likely N-dealkylation sites (tertiary alicyclic amines) is 1. The first-order valence-electron chi connectivity index (χ1n) is 13.3. The van der Waals surface area contributed by atoms with E-state index in [2.05, 4.69) is 17.2 Å². The number of piperidine rings is 1. The standard InChI is InChI=1S/C27H37F2N5O4/c1-17(4-5-18(2)30-16-35)25-23(28)12-21(13-24(25)29)34-14-19(15-34)31-26(36)38-22-8-10-33(11-9-22)27(37)32(3)20-6-7-20/h12-13,16-17,19-20,22H,2,4-11,14-15H2,1,3H3,(H,30,35)(H,31,36). The average molecular weight is 534 g/mol. The van der Waals surface area contributed by atoms with Crippen molar-refractivity contribution in [2.24, 2.45) is 0 Å². The molecule has 208 valence electrons. The van der Waals surface area contributed by atoms with Crippen LogP contribution in [-0.4, -0.2) is 79.7 Å². The van der Waals surface area contributed by atoms with Crippen LogP contribution < -0.4 is 15.5 Å². The third kappa shape index (κ3) is 6.73. The highest BCUT2D eigenvalue weighted by Gasteiger charge is 2.35. The molecule has 4 rings (SSSR count). The van der Waals surface area contributed by atoms with Crippen molar-refractivity contribution in [2.45, 2.75) is 69.6 Å². The summed E-state index contributed by atoms with van der Waals surface area (Å²) >= 11 is 0. The van der Waals surface area contributed by atoms with Gasteiger partial charge in [0, 0.05) is 69.1 Å². The minimum absolute atomic E-state index is 0.0124. The van der Waals surface area contributed by atoms with Crippen molar-refractivity contribution in [3.05, 3.63) is 41.6 Å². The van der Waals surface area contributed by atoms with Gasteiger partial charge in [-0.05, 0) is 43.7 Å². The molecule has 2 heterocycles. The maximum absolute atomic E-state index is 14.8. The summed E-state index contributed by atoms with van der Waals surface area (Å²) in [5, 5.41) is 5.27. The Kier molecular flexibility index (Phi) is 8.73. The molecular weight excluding hydrogens is 496 g/mol. The monoisotopic (exact) mass is 533 g/mol. The molecule has 4 amide bonds. The highest BCUT2D eigenvalue weighted by atomic mass is 19.1. The lowest BCUT2D eigenvalue weighted by atomic mass is 9.93. The Morgan fingerprint density at radius 3 is 2.39 bits per heavy atom. The quantitative estimate of drug-likeness (QED) is 0.448. The number of alkyl carbamates (subject to hydrolysis) is 1. The lowest BCUT2D eigenvalue weighted by Gasteiger charge is -2.41. The van der Waals surface area contributed by atoms with Crippen LogP contribution in [0.3, 0.4) is 0 Å². The third-order valence-corrected chi connectivity index (χ3v) is 7.65. The predicted octanol–water partition coefficient (Wildman–Crippen LogP) is 3.70. The van der Waals surface area contributed by atoms with Crippen molar-refractivity contribution in [1.82, 2.24) is 20.4 Å². The summed E-state index contributed by atoms with van der Waals surface area (Å²) in [6.45, 7) is 7.38. The highest BCUT2D eigenvalue weighted by molar-refractivity contribution is 5.75. The first kappa shape index (κ1) is 27.7. The van der Waals surface area contributed by atoms with E-state index in [-0.39, 0.29) is 29.7 Å². The number of urea groups is 1. The van der Waals surface area contributed by atoms with Gasteiger partial charge in [-0.2, -0.15) is 0 Å². The Balaban J connectivity index is 1.19. The fraction of sp³-hybridized carbons (Fsp3) is 0.593. The molecule has 3 aliphatic rings. The fourth-order valence-electron chi connectivity index (χ4n) is 5.05. The minimum Gasteiger partial charge on any atom is -0.446 e. The van der Waals surface area contributed by atoms with E-state index in [1.807, 2.05) is 11.9 Å². The average Bonchev–Trinajstić information content (AvgIpc) is 3.69. The molecule has 2 aliphatic heterocycles. The van der Waals surface area contributed by atoms with Crippen LogP contribution in [0.15, 0.2) is 24.4 Å². The molecule has 1 aliphatic carbocycles. The van der Waals surface area contributed by atoms with Gasteiger partial charge in [0.15, 0.2) is 0 Å². The molecule has 1 saturated carbocycles. The van der Waals surface area contributed by atoms with Crippen molar-refractivity contribution in [1.29, 1.82) is 0 Å².